The fourth-order valence-corrected chi connectivity index (χ4v) is 2.06. The molecule has 20 heavy (non-hydrogen) atoms. The Bertz CT molecular complexity index is 489. The lowest BCUT2D eigenvalue weighted by Gasteiger charge is -2.10. The first-order chi connectivity index (χ1) is 9.54. The highest BCUT2D eigenvalue weighted by Gasteiger charge is 2.09. The lowest BCUT2D eigenvalue weighted by molar-refractivity contribution is -0.131. The van der Waals surface area contributed by atoms with Crippen molar-refractivity contribution >= 4 is 11.8 Å². The molecule has 3 nitrogen and oxygen atoms in total. The maximum atomic E-state index is 12.0. The van der Waals surface area contributed by atoms with Gasteiger partial charge in [-0.25, -0.2) is 4.79 Å². The number of hydrogen-bond acceptors (Lipinski definition) is 2. The summed E-state index contributed by atoms with van der Waals surface area (Å²) in [6.07, 6.45) is 6.22. The van der Waals surface area contributed by atoms with Crippen LogP contribution in [0.4, 0.5) is 0 Å². The first kappa shape index (κ1) is 16.2. The van der Waals surface area contributed by atoms with E-state index in [2.05, 4.69) is 13.8 Å². The average Bonchev–Trinajstić information content (AvgIpc) is 2.45. The third-order valence-corrected chi connectivity index (χ3v) is 3.50. The third-order valence-electron chi connectivity index (χ3n) is 3.50. The van der Waals surface area contributed by atoms with Crippen LogP contribution in [0.15, 0.2) is 36.4 Å². The summed E-state index contributed by atoms with van der Waals surface area (Å²) >= 11 is 0. The zero-order valence-corrected chi connectivity index (χ0v) is 12.1. The summed E-state index contributed by atoms with van der Waals surface area (Å²) in [7, 11) is 0. The first-order valence-electron chi connectivity index (χ1n) is 7.07. The van der Waals surface area contributed by atoms with Crippen LogP contribution >= 0.6 is 0 Å². The maximum Gasteiger partial charge on any atom is 0.328 e. The highest BCUT2D eigenvalue weighted by Crippen LogP contribution is 2.16. The molecule has 0 aliphatic carbocycles. The maximum absolute atomic E-state index is 12.0. The number of rotatable bonds is 8. The SMILES string of the molecule is CCC(C)CCCc1ccccc1C(=O)C=CC(=O)O. The van der Waals surface area contributed by atoms with E-state index in [4.69, 9.17) is 5.11 Å². The molecule has 1 unspecified atom stereocenters. The minimum absolute atomic E-state index is 0.244. The number of carbonyl (C=O) groups is 2. The predicted molar refractivity (Wildman–Crippen MR) is 79.9 cm³/mol. The van der Waals surface area contributed by atoms with Crippen LogP contribution < -0.4 is 0 Å². The molecule has 1 N–H and O–H groups in total. The molecule has 0 fully saturated rings. The number of carboxylic acids is 1. The minimum atomic E-state index is -1.10. The van der Waals surface area contributed by atoms with Crippen molar-refractivity contribution < 1.29 is 14.7 Å². The van der Waals surface area contributed by atoms with Crippen molar-refractivity contribution in [3.63, 3.8) is 0 Å². The van der Waals surface area contributed by atoms with Crippen LogP contribution in [0.1, 0.15) is 49.0 Å². The molecule has 0 heterocycles. The Kier molecular flexibility index (Phi) is 6.71. The number of carbonyl (C=O) groups excluding carboxylic acids is 1. The highest BCUT2D eigenvalue weighted by atomic mass is 16.4. The van der Waals surface area contributed by atoms with Gasteiger partial charge in [0.25, 0.3) is 0 Å². The normalized spacial score (nSPS) is 12.5. The van der Waals surface area contributed by atoms with Gasteiger partial charge in [-0.05, 0) is 30.4 Å². The van der Waals surface area contributed by atoms with Crippen LogP contribution in [0.2, 0.25) is 0 Å². The number of carboxylic acid groups (broad SMARTS) is 1. The van der Waals surface area contributed by atoms with Crippen LogP contribution in [-0.2, 0) is 11.2 Å². The summed E-state index contributed by atoms with van der Waals surface area (Å²) in [6, 6.07) is 7.42. The van der Waals surface area contributed by atoms with Gasteiger partial charge in [-0.1, -0.05) is 51.0 Å². The van der Waals surface area contributed by atoms with Gasteiger partial charge in [0.1, 0.15) is 0 Å². The van der Waals surface area contributed by atoms with Crippen molar-refractivity contribution in [1.29, 1.82) is 0 Å². The van der Waals surface area contributed by atoms with Crippen molar-refractivity contribution in [2.45, 2.75) is 39.5 Å². The van der Waals surface area contributed by atoms with Crippen LogP contribution in [0, 0.1) is 5.92 Å². The molecule has 0 aliphatic heterocycles. The largest absolute Gasteiger partial charge is 0.478 e. The molecule has 0 aliphatic rings. The monoisotopic (exact) mass is 274 g/mol. The number of aliphatic carboxylic acids is 1. The van der Waals surface area contributed by atoms with Gasteiger partial charge in [0, 0.05) is 11.6 Å². The second-order valence-electron chi connectivity index (χ2n) is 5.10. The van der Waals surface area contributed by atoms with E-state index in [1.807, 2.05) is 12.1 Å². The molecule has 0 amide bonds. The van der Waals surface area contributed by atoms with Gasteiger partial charge in [-0.2, -0.15) is 0 Å². The van der Waals surface area contributed by atoms with Gasteiger partial charge in [0.15, 0.2) is 5.78 Å². The van der Waals surface area contributed by atoms with Crippen LogP contribution in [0.25, 0.3) is 0 Å². The summed E-state index contributed by atoms with van der Waals surface area (Å²) in [5.41, 5.74) is 1.60. The van der Waals surface area contributed by atoms with Gasteiger partial charge in [0.05, 0.1) is 0 Å². The first-order valence-corrected chi connectivity index (χ1v) is 7.07. The zero-order chi connectivity index (χ0) is 15.0. The fourth-order valence-electron chi connectivity index (χ4n) is 2.06. The predicted octanol–water partition coefficient (Wildman–Crippen LogP) is 3.88. The molecule has 0 spiro atoms. The molecule has 0 aromatic heterocycles. The van der Waals surface area contributed by atoms with E-state index in [1.54, 1.807) is 12.1 Å². The Balaban J connectivity index is 2.72. The van der Waals surface area contributed by atoms with E-state index < -0.39 is 5.97 Å². The Morgan fingerprint density at radius 3 is 2.60 bits per heavy atom. The lowest BCUT2D eigenvalue weighted by Crippen LogP contribution is -2.03. The van der Waals surface area contributed by atoms with E-state index in [-0.39, 0.29) is 5.78 Å². The topological polar surface area (TPSA) is 54.4 Å². The zero-order valence-electron chi connectivity index (χ0n) is 12.1. The molecular formula is C17H22O3. The molecule has 108 valence electrons. The van der Waals surface area contributed by atoms with Crippen molar-refractivity contribution in [3.05, 3.63) is 47.5 Å². The Morgan fingerprint density at radius 2 is 1.95 bits per heavy atom. The Labute approximate surface area is 120 Å². The lowest BCUT2D eigenvalue weighted by atomic mass is 9.95. The number of ketones is 1. The Morgan fingerprint density at radius 1 is 1.25 bits per heavy atom. The number of allylic oxidation sites excluding steroid dienone is 1. The molecule has 1 rings (SSSR count). The summed E-state index contributed by atoms with van der Waals surface area (Å²) in [6.45, 7) is 4.41. The summed E-state index contributed by atoms with van der Waals surface area (Å²) in [5.74, 6) is -0.649. The molecule has 0 saturated carbocycles. The smallest absolute Gasteiger partial charge is 0.328 e. The van der Waals surface area contributed by atoms with E-state index in [1.165, 1.54) is 6.42 Å². The average molecular weight is 274 g/mol. The second kappa shape index (κ2) is 8.31. The molecule has 0 saturated heterocycles. The molecule has 0 bridgehead atoms. The van der Waals surface area contributed by atoms with E-state index in [0.717, 1.165) is 37.0 Å². The molecule has 3 heteroatoms. The van der Waals surface area contributed by atoms with Crippen molar-refractivity contribution in [3.8, 4) is 0 Å². The number of aryl methyl sites for hydroxylation is 1. The van der Waals surface area contributed by atoms with Gasteiger partial charge >= 0.3 is 5.97 Å². The fraction of sp³-hybridized carbons (Fsp3) is 0.412. The van der Waals surface area contributed by atoms with Crippen LogP contribution in [0.3, 0.4) is 0 Å². The van der Waals surface area contributed by atoms with Gasteiger partial charge in [-0.3, -0.25) is 4.79 Å². The van der Waals surface area contributed by atoms with Crippen molar-refractivity contribution in [2.24, 2.45) is 5.92 Å². The van der Waals surface area contributed by atoms with Gasteiger partial charge in [0.2, 0.25) is 0 Å². The molecule has 1 aromatic carbocycles. The van der Waals surface area contributed by atoms with Crippen molar-refractivity contribution in [1.82, 2.24) is 0 Å². The van der Waals surface area contributed by atoms with Crippen LogP contribution in [0.5, 0.6) is 0 Å². The van der Waals surface area contributed by atoms with Gasteiger partial charge < -0.3 is 5.11 Å². The van der Waals surface area contributed by atoms with E-state index >= 15 is 0 Å². The standard InChI is InChI=1S/C17H22O3/c1-3-13(2)7-6-9-14-8-4-5-10-15(14)16(18)11-12-17(19)20/h4-5,8,10-13H,3,6-7,9H2,1-2H3,(H,19,20). The van der Waals surface area contributed by atoms with Crippen molar-refractivity contribution in [2.75, 3.05) is 0 Å². The second-order valence-corrected chi connectivity index (χ2v) is 5.10. The summed E-state index contributed by atoms with van der Waals surface area (Å²) < 4.78 is 0. The molecular weight excluding hydrogens is 252 g/mol. The summed E-state index contributed by atoms with van der Waals surface area (Å²) in [4.78, 5) is 22.4. The summed E-state index contributed by atoms with van der Waals surface area (Å²) in [5, 5.41) is 8.57. The van der Waals surface area contributed by atoms with Gasteiger partial charge in [-0.15, -0.1) is 0 Å². The molecule has 1 atom stereocenters. The molecule has 1 aromatic rings. The minimum Gasteiger partial charge on any atom is -0.478 e. The third kappa shape index (κ3) is 5.39. The quantitative estimate of drug-likeness (QED) is 0.578. The van der Waals surface area contributed by atoms with E-state index in [0.29, 0.717) is 11.5 Å². The number of benzene rings is 1. The highest BCUT2D eigenvalue weighted by molar-refractivity contribution is 6.07. The van der Waals surface area contributed by atoms with Crippen LogP contribution in [-0.4, -0.2) is 16.9 Å². The van der Waals surface area contributed by atoms with E-state index in [9.17, 15) is 9.59 Å². The molecule has 0 radical (unpaired) electrons. The Hall–Kier alpha value is -1.90. The number of hydrogen-bond donors (Lipinski definition) is 1.